The highest BCUT2D eigenvalue weighted by atomic mass is 16.6. The Kier molecular flexibility index (Phi) is 6.07. The number of rotatable bonds is 6. The summed E-state index contributed by atoms with van der Waals surface area (Å²) in [6.07, 6.45) is 5.56. The zero-order valence-corrected chi connectivity index (χ0v) is 20.9. The SMILES string of the molecule is CC(C)(C)OC(=O)NC1CC2(C1)CC(Nc1nc(C#N)ccc1C(=O)Nc1cccc(C3CC3)n1)C2. The Morgan fingerprint density at radius 3 is 2.44 bits per heavy atom. The number of aromatic nitrogens is 2. The lowest BCUT2D eigenvalue weighted by atomic mass is 9.52. The van der Waals surface area contributed by atoms with E-state index in [-0.39, 0.29) is 35.2 Å². The molecule has 2 aromatic rings. The second-order valence-corrected chi connectivity index (χ2v) is 11.4. The van der Waals surface area contributed by atoms with Gasteiger partial charge in [0.25, 0.3) is 5.91 Å². The minimum atomic E-state index is -0.512. The van der Waals surface area contributed by atoms with Gasteiger partial charge in [-0.3, -0.25) is 4.79 Å². The maximum Gasteiger partial charge on any atom is 0.407 e. The minimum Gasteiger partial charge on any atom is -0.444 e. The van der Waals surface area contributed by atoms with Crippen LogP contribution in [0, 0.1) is 16.7 Å². The maximum absolute atomic E-state index is 13.1. The first kappa shape index (κ1) is 24.0. The molecule has 3 fully saturated rings. The lowest BCUT2D eigenvalue weighted by molar-refractivity contribution is -0.0179. The Morgan fingerprint density at radius 2 is 1.78 bits per heavy atom. The Balaban J connectivity index is 1.18. The number of carbonyl (C=O) groups excluding carboxylic acids is 2. The van der Waals surface area contributed by atoms with Crippen LogP contribution in [0.4, 0.5) is 16.4 Å². The van der Waals surface area contributed by atoms with Crippen molar-refractivity contribution >= 4 is 23.6 Å². The molecule has 0 radical (unpaired) electrons. The van der Waals surface area contributed by atoms with Crippen molar-refractivity contribution in [3.05, 3.63) is 47.3 Å². The fraction of sp³-hybridized carbons (Fsp3) is 0.519. The lowest BCUT2D eigenvalue weighted by Crippen LogP contribution is -2.59. The number of pyridine rings is 2. The van der Waals surface area contributed by atoms with Crippen LogP contribution in [0.25, 0.3) is 0 Å². The van der Waals surface area contributed by atoms with E-state index >= 15 is 0 Å². The lowest BCUT2D eigenvalue weighted by Gasteiger charge is -2.57. The van der Waals surface area contributed by atoms with Gasteiger partial charge in [0.15, 0.2) is 0 Å². The van der Waals surface area contributed by atoms with Crippen LogP contribution in [0.5, 0.6) is 0 Å². The fourth-order valence-electron chi connectivity index (χ4n) is 5.30. The summed E-state index contributed by atoms with van der Waals surface area (Å²) in [5.41, 5.74) is 1.32. The Bertz CT molecular complexity index is 1210. The summed E-state index contributed by atoms with van der Waals surface area (Å²) < 4.78 is 5.35. The van der Waals surface area contributed by atoms with Gasteiger partial charge in [0, 0.05) is 23.7 Å². The van der Waals surface area contributed by atoms with E-state index in [0.717, 1.165) is 44.2 Å². The van der Waals surface area contributed by atoms with E-state index in [0.29, 0.717) is 23.1 Å². The first-order valence-corrected chi connectivity index (χ1v) is 12.6. The van der Waals surface area contributed by atoms with Crippen LogP contribution in [0.2, 0.25) is 0 Å². The molecule has 2 aromatic heterocycles. The molecule has 2 heterocycles. The van der Waals surface area contributed by atoms with Crippen LogP contribution in [0.1, 0.15) is 87.0 Å². The number of amides is 2. The van der Waals surface area contributed by atoms with E-state index in [9.17, 15) is 14.9 Å². The third-order valence-corrected chi connectivity index (χ3v) is 7.04. The zero-order chi connectivity index (χ0) is 25.5. The van der Waals surface area contributed by atoms with E-state index in [2.05, 4.69) is 32.0 Å². The highest BCUT2D eigenvalue weighted by Gasteiger charge is 2.53. The van der Waals surface area contributed by atoms with Crippen LogP contribution in [0.3, 0.4) is 0 Å². The predicted octanol–water partition coefficient (Wildman–Crippen LogP) is 4.73. The molecule has 3 N–H and O–H groups in total. The van der Waals surface area contributed by atoms with Gasteiger partial charge in [-0.15, -0.1) is 0 Å². The van der Waals surface area contributed by atoms with Crippen molar-refractivity contribution < 1.29 is 14.3 Å². The van der Waals surface area contributed by atoms with Crippen LogP contribution in [-0.2, 0) is 4.74 Å². The van der Waals surface area contributed by atoms with E-state index in [1.165, 1.54) is 0 Å². The quantitative estimate of drug-likeness (QED) is 0.536. The average Bonchev–Trinajstić information content (AvgIpc) is 3.60. The number of nitriles is 1. The Labute approximate surface area is 211 Å². The first-order valence-electron chi connectivity index (χ1n) is 12.6. The normalized spacial score (nSPS) is 24.6. The van der Waals surface area contributed by atoms with Crippen LogP contribution >= 0.6 is 0 Å². The minimum absolute atomic E-state index is 0.126. The number of alkyl carbamates (subject to hydrolysis) is 1. The van der Waals surface area contributed by atoms with Crippen LogP contribution in [-0.4, -0.2) is 39.7 Å². The summed E-state index contributed by atoms with van der Waals surface area (Å²) in [5.74, 6) is 1.11. The van der Waals surface area contributed by atoms with E-state index in [1.54, 1.807) is 18.2 Å². The third kappa shape index (κ3) is 5.43. The number of carbonyl (C=O) groups is 2. The fourth-order valence-corrected chi connectivity index (χ4v) is 5.30. The molecule has 3 saturated carbocycles. The molecular formula is C27H32N6O3. The van der Waals surface area contributed by atoms with Crippen LogP contribution in [0.15, 0.2) is 30.3 Å². The van der Waals surface area contributed by atoms with Crippen molar-refractivity contribution in [3.63, 3.8) is 0 Å². The van der Waals surface area contributed by atoms with Gasteiger partial charge in [0.05, 0.1) is 5.56 Å². The predicted molar refractivity (Wildman–Crippen MR) is 135 cm³/mol. The summed E-state index contributed by atoms with van der Waals surface area (Å²) in [4.78, 5) is 34.1. The molecule has 5 rings (SSSR count). The summed E-state index contributed by atoms with van der Waals surface area (Å²) in [7, 11) is 0. The molecule has 1 spiro atoms. The van der Waals surface area contributed by atoms with E-state index in [1.807, 2.05) is 32.9 Å². The number of nitrogens with one attached hydrogen (secondary N) is 3. The summed E-state index contributed by atoms with van der Waals surface area (Å²) >= 11 is 0. The molecular weight excluding hydrogens is 456 g/mol. The van der Waals surface area contributed by atoms with Gasteiger partial charge in [-0.05, 0) is 89.0 Å². The van der Waals surface area contributed by atoms with Gasteiger partial charge in [-0.2, -0.15) is 5.26 Å². The highest BCUT2D eigenvalue weighted by molar-refractivity contribution is 6.07. The molecule has 0 saturated heterocycles. The standard InChI is InChI=1S/C27H32N6O3/c1-26(2,3)36-25(35)31-19-13-27(14-19)11-18(12-27)30-23-20(10-9-17(15-28)29-23)24(34)33-22-6-4-5-21(32-22)16-7-8-16/h4-6,9-10,16,18-19H,7-8,11-14H2,1-3H3,(H,29,30)(H,31,35)(H,32,33,34). The van der Waals surface area contributed by atoms with Crippen LogP contribution < -0.4 is 16.0 Å². The number of hydrogen-bond donors (Lipinski definition) is 3. The average molecular weight is 489 g/mol. The molecule has 36 heavy (non-hydrogen) atoms. The molecule has 9 heteroatoms. The molecule has 0 aliphatic heterocycles. The number of ether oxygens (including phenoxy) is 1. The van der Waals surface area contributed by atoms with Gasteiger partial charge < -0.3 is 20.7 Å². The molecule has 0 atom stereocenters. The summed E-state index contributed by atoms with van der Waals surface area (Å²) in [5, 5.41) is 18.5. The number of anilines is 2. The monoisotopic (exact) mass is 488 g/mol. The van der Waals surface area contributed by atoms with Crippen molar-refractivity contribution in [2.24, 2.45) is 5.41 Å². The van der Waals surface area contributed by atoms with Gasteiger partial charge >= 0.3 is 6.09 Å². The molecule has 188 valence electrons. The van der Waals surface area contributed by atoms with Gasteiger partial charge in [0.2, 0.25) is 0 Å². The van der Waals surface area contributed by atoms with Gasteiger partial charge in [-0.1, -0.05) is 6.07 Å². The second-order valence-electron chi connectivity index (χ2n) is 11.4. The van der Waals surface area contributed by atoms with Crippen molar-refractivity contribution in [2.45, 2.75) is 82.9 Å². The van der Waals surface area contributed by atoms with Gasteiger partial charge in [-0.25, -0.2) is 14.8 Å². The van der Waals surface area contributed by atoms with E-state index < -0.39 is 5.60 Å². The highest BCUT2D eigenvalue weighted by Crippen LogP contribution is 2.56. The second kappa shape index (κ2) is 9.08. The van der Waals surface area contributed by atoms with E-state index in [4.69, 9.17) is 4.74 Å². The molecule has 3 aliphatic carbocycles. The Hall–Kier alpha value is -3.67. The molecule has 0 aromatic carbocycles. The van der Waals surface area contributed by atoms with Crippen molar-refractivity contribution in [3.8, 4) is 6.07 Å². The topological polar surface area (TPSA) is 129 Å². The van der Waals surface area contributed by atoms with Crippen molar-refractivity contribution in [2.75, 3.05) is 10.6 Å². The molecule has 0 bridgehead atoms. The Morgan fingerprint density at radius 1 is 1.06 bits per heavy atom. The zero-order valence-electron chi connectivity index (χ0n) is 20.9. The summed E-state index contributed by atoms with van der Waals surface area (Å²) in [6.45, 7) is 5.55. The first-order chi connectivity index (χ1) is 17.1. The molecule has 0 unspecified atom stereocenters. The third-order valence-electron chi connectivity index (χ3n) is 7.04. The largest absolute Gasteiger partial charge is 0.444 e. The molecule has 9 nitrogen and oxygen atoms in total. The molecule has 2 amide bonds. The van der Waals surface area contributed by atoms with Crippen molar-refractivity contribution in [1.82, 2.24) is 15.3 Å². The molecule has 3 aliphatic rings. The van der Waals surface area contributed by atoms with Crippen molar-refractivity contribution in [1.29, 1.82) is 5.26 Å². The number of nitrogens with zero attached hydrogens (tertiary/aromatic N) is 3. The maximum atomic E-state index is 13.1. The smallest absolute Gasteiger partial charge is 0.407 e. The summed E-state index contributed by atoms with van der Waals surface area (Å²) in [6, 6.07) is 11.2. The number of hydrogen-bond acceptors (Lipinski definition) is 7. The van der Waals surface area contributed by atoms with Gasteiger partial charge in [0.1, 0.15) is 29.0 Å².